The highest BCUT2D eigenvalue weighted by Crippen LogP contribution is 2.35. The molecule has 0 amide bonds. The Morgan fingerprint density at radius 3 is 3.00 bits per heavy atom. The van der Waals surface area contributed by atoms with Crippen molar-refractivity contribution in [3.63, 3.8) is 0 Å². The standard InChI is InChI=1S/C11H17NO2S2/c1-8(2)7-12-10-4-6-16(13,14)11-9(10)3-5-15-11/h3,5,8,10,12H,4,6-7H2,1-2H3/t10-/m0/s1. The summed E-state index contributed by atoms with van der Waals surface area (Å²) in [7, 11) is -2.99. The van der Waals surface area contributed by atoms with Crippen LogP contribution in [0.15, 0.2) is 15.7 Å². The second-order valence-corrected chi connectivity index (χ2v) is 7.85. The molecular weight excluding hydrogens is 242 g/mol. The molecule has 1 atom stereocenters. The number of fused-ring (bicyclic) bond motifs is 1. The lowest BCUT2D eigenvalue weighted by molar-refractivity contribution is 0.453. The fourth-order valence-corrected chi connectivity index (χ4v) is 4.92. The van der Waals surface area contributed by atoms with Gasteiger partial charge in [-0.15, -0.1) is 11.3 Å². The van der Waals surface area contributed by atoms with Crippen molar-refractivity contribution >= 4 is 21.2 Å². The third-order valence-corrected chi connectivity index (χ3v) is 6.11. The van der Waals surface area contributed by atoms with Gasteiger partial charge >= 0.3 is 0 Å². The molecule has 0 saturated carbocycles. The van der Waals surface area contributed by atoms with E-state index in [0.29, 0.717) is 16.5 Å². The molecular formula is C11H17NO2S2. The molecule has 1 aromatic heterocycles. The molecule has 5 heteroatoms. The summed E-state index contributed by atoms with van der Waals surface area (Å²) in [5.74, 6) is 0.858. The molecule has 2 rings (SSSR count). The van der Waals surface area contributed by atoms with E-state index in [1.54, 1.807) is 0 Å². The molecule has 90 valence electrons. The molecule has 1 aliphatic rings. The second-order valence-electron chi connectivity index (χ2n) is 4.63. The van der Waals surface area contributed by atoms with Crippen LogP contribution in [0.4, 0.5) is 0 Å². The zero-order chi connectivity index (χ0) is 11.8. The molecule has 0 saturated heterocycles. The molecule has 0 radical (unpaired) electrons. The highest BCUT2D eigenvalue weighted by Gasteiger charge is 2.31. The molecule has 0 unspecified atom stereocenters. The minimum Gasteiger partial charge on any atom is -0.310 e. The quantitative estimate of drug-likeness (QED) is 0.905. The van der Waals surface area contributed by atoms with Crippen LogP contribution >= 0.6 is 11.3 Å². The van der Waals surface area contributed by atoms with E-state index < -0.39 is 9.84 Å². The first-order chi connectivity index (χ1) is 7.50. The molecule has 0 aromatic carbocycles. The van der Waals surface area contributed by atoms with Crippen molar-refractivity contribution in [2.24, 2.45) is 5.92 Å². The van der Waals surface area contributed by atoms with Crippen LogP contribution in [-0.4, -0.2) is 20.7 Å². The first-order valence-electron chi connectivity index (χ1n) is 5.54. The fourth-order valence-electron chi connectivity index (χ4n) is 1.93. The molecule has 0 bridgehead atoms. The van der Waals surface area contributed by atoms with Gasteiger partial charge in [0.25, 0.3) is 0 Å². The maximum atomic E-state index is 11.8. The Balaban J connectivity index is 2.21. The molecule has 1 aliphatic heterocycles. The van der Waals surface area contributed by atoms with E-state index in [4.69, 9.17) is 0 Å². The minimum absolute atomic E-state index is 0.215. The van der Waals surface area contributed by atoms with Crippen molar-refractivity contribution < 1.29 is 8.42 Å². The van der Waals surface area contributed by atoms with Crippen molar-refractivity contribution in [3.05, 3.63) is 17.0 Å². The Hall–Kier alpha value is -0.390. The number of hydrogen-bond donors (Lipinski definition) is 1. The predicted molar refractivity (Wildman–Crippen MR) is 66.6 cm³/mol. The van der Waals surface area contributed by atoms with Gasteiger partial charge in [0.05, 0.1) is 5.75 Å². The molecule has 0 spiro atoms. The summed E-state index contributed by atoms with van der Waals surface area (Å²) >= 11 is 1.34. The van der Waals surface area contributed by atoms with Crippen LogP contribution in [0.3, 0.4) is 0 Å². The summed E-state index contributed by atoms with van der Waals surface area (Å²) in [4.78, 5) is 0. The lowest BCUT2D eigenvalue weighted by atomic mass is 10.1. The largest absolute Gasteiger partial charge is 0.310 e. The van der Waals surface area contributed by atoms with Crippen LogP contribution < -0.4 is 5.32 Å². The zero-order valence-electron chi connectivity index (χ0n) is 9.56. The van der Waals surface area contributed by atoms with Gasteiger partial charge in [-0.3, -0.25) is 0 Å². The summed E-state index contributed by atoms with van der Waals surface area (Å²) in [5, 5.41) is 5.32. The molecule has 16 heavy (non-hydrogen) atoms. The topological polar surface area (TPSA) is 46.2 Å². The van der Waals surface area contributed by atoms with E-state index >= 15 is 0 Å². The van der Waals surface area contributed by atoms with Crippen LogP contribution in [0.1, 0.15) is 31.9 Å². The fraction of sp³-hybridized carbons (Fsp3) is 0.636. The highest BCUT2D eigenvalue weighted by atomic mass is 32.2. The Morgan fingerprint density at radius 2 is 2.31 bits per heavy atom. The maximum absolute atomic E-state index is 11.8. The first-order valence-corrected chi connectivity index (χ1v) is 8.07. The summed E-state index contributed by atoms with van der Waals surface area (Å²) < 4.78 is 24.2. The molecule has 3 nitrogen and oxygen atoms in total. The zero-order valence-corrected chi connectivity index (χ0v) is 11.2. The summed E-state index contributed by atoms with van der Waals surface area (Å²) in [6.07, 6.45) is 0.693. The second kappa shape index (κ2) is 4.47. The number of nitrogens with one attached hydrogen (secondary N) is 1. The molecule has 2 heterocycles. The van der Waals surface area contributed by atoms with Gasteiger partial charge in [-0.05, 0) is 35.9 Å². The van der Waals surface area contributed by atoms with Gasteiger partial charge < -0.3 is 5.32 Å². The number of hydrogen-bond acceptors (Lipinski definition) is 4. The van der Waals surface area contributed by atoms with Gasteiger partial charge in [-0.2, -0.15) is 0 Å². The van der Waals surface area contributed by atoms with Gasteiger partial charge in [0, 0.05) is 6.04 Å². The minimum atomic E-state index is -2.99. The molecule has 0 aliphatic carbocycles. The van der Waals surface area contributed by atoms with Crippen LogP contribution in [-0.2, 0) is 9.84 Å². The Morgan fingerprint density at radius 1 is 1.56 bits per heavy atom. The average Bonchev–Trinajstić information content (AvgIpc) is 2.66. The van der Waals surface area contributed by atoms with E-state index in [-0.39, 0.29) is 11.8 Å². The number of rotatable bonds is 3. The van der Waals surface area contributed by atoms with E-state index in [0.717, 1.165) is 12.1 Å². The Labute approximate surface area is 101 Å². The lowest BCUT2D eigenvalue weighted by Gasteiger charge is -2.24. The van der Waals surface area contributed by atoms with E-state index in [2.05, 4.69) is 19.2 Å². The smallest absolute Gasteiger partial charge is 0.188 e. The van der Waals surface area contributed by atoms with Crippen molar-refractivity contribution in [1.82, 2.24) is 5.32 Å². The van der Waals surface area contributed by atoms with Crippen molar-refractivity contribution in [2.45, 2.75) is 30.5 Å². The average molecular weight is 259 g/mol. The predicted octanol–water partition coefficient (Wildman–Crippen LogP) is 2.21. The Kier molecular flexibility index (Phi) is 3.37. The number of sulfone groups is 1. The van der Waals surface area contributed by atoms with Crippen molar-refractivity contribution in [3.8, 4) is 0 Å². The summed E-state index contributed by atoms with van der Waals surface area (Å²) in [6, 6.07) is 2.15. The highest BCUT2D eigenvalue weighted by molar-refractivity contribution is 7.93. The van der Waals surface area contributed by atoms with Gasteiger partial charge in [-0.25, -0.2) is 8.42 Å². The Bertz CT molecular complexity index is 462. The SMILES string of the molecule is CC(C)CN[C@H]1CCS(=O)(=O)c2sccc21. The normalized spacial score (nSPS) is 23.3. The van der Waals surface area contributed by atoms with E-state index in [1.165, 1.54) is 11.3 Å². The monoisotopic (exact) mass is 259 g/mol. The summed E-state index contributed by atoms with van der Waals surface area (Å²) in [6.45, 7) is 5.24. The molecule has 0 fully saturated rings. The lowest BCUT2D eigenvalue weighted by Crippen LogP contribution is -2.30. The van der Waals surface area contributed by atoms with Crippen LogP contribution in [0.2, 0.25) is 0 Å². The third-order valence-electron chi connectivity index (χ3n) is 2.76. The molecule has 1 N–H and O–H groups in total. The van der Waals surface area contributed by atoms with Crippen LogP contribution in [0.25, 0.3) is 0 Å². The van der Waals surface area contributed by atoms with Crippen molar-refractivity contribution in [1.29, 1.82) is 0 Å². The third kappa shape index (κ3) is 2.31. The van der Waals surface area contributed by atoms with Gasteiger partial charge in [0.1, 0.15) is 4.21 Å². The molecule has 1 aromatic rings. The van der Waals surface area contributed by atoms with Crippen LogP contribution in [0.5, 0.6) is 0 Å². The first kappa shape index (κ1) is 12.1. The summed E-state index contributed by atoms with van der Waals surface area (Å²) in [5.41, 5.74) is 0.969. The number of thiophene rings is 1. The van der Waals surface area contributed by atoms with Gasteiger partial charge in [-0.1, -0.05) is 13.8 Å². The van der Waals surface area contributed by atoms with Gasteiger partial charge in [0.15, 0.2) is 9.84 Å². The van der Waals surface area contributed by atoms with Gasteiger partial charge in [0.2, 0.25) is 0 Å². The van der Waals surface area contributed by atoms with E-state index in [9.17, 15) is 8.42 Å². The van der Waals surface area contributed by atoms with Crippen LogP contribution in [0, 0.1) is 5.92 Å². The maximum Gasteiger partial charge on any atom is 0.188 e. The van der Waals surface area contributed by atoms with E-state index in [1.807, 2.05) is 11.4 Å². The van der Waals surface area contributed by atoms with Crippen molar-refractivity contribution in [2.75, 3.05) is 12.3 Å².